The molecule has 0 unspecified atom stereocenters. The van der Waals surface area contributed by atoms with Crippen molar-refractivity contribution in [3.05, 3.63) is 65.2 Å². The van der Waals surface area contributed by atoms with Crippen molar-refractivity contribution in [3.63, 3.8) is 0 Å². The summed E-state index contributed by atoms with van der Waals surface area (Å²) in [4.78, 5) is 14.4. The molecule has 0 radical (unpaired) electrons. The van der Waals surface area contributed by atoms with Crippen LogP contribution >= 0.6 is 0 Å². The lowest BCUT2D eigenvalue weighted by Gasteiger charge is -2.29. The second-order valence-corrected chi connectivity index (χ2v) is 5.84. The van der Waals surface area contributed by atoms with Crippen molar-refractivity contribution in [2.24, 2.45) is 0 Å². The summed E-state index contributed by atoms with van der Waals surface area (Å²) in [6.07, 6.45) is -4.56. The molecular formula is C19H19F5N2O. The Kier molecular flexibility index (Phi) is 6.54. The van der Waals surface area contributed by atoms with E-state index >= 15 is 0 Å². The highest BCUT2D eigenvalue weighted by atomic mass is 19.4. The number of likely N-dealkylation sites (N-methyl/N-ethyl adjacent to an activating group) is 1. The van der Waals surface area contributed by atoms with Gasteiger partial charge in [0.25, 0.3) is 0 Å². The molecule has 0 saturated heterocycles. The number of carbonyl (C=O) groups is 1. The van der Waals surface area contributed by atoms with Crippen molar-refractivity contribution < 1.29 is 26.7 Å². The molecule has 27 heavy (non-hydrogen) atoms. The molecule has 0 aromatic heterocycles. The molecule has 2 aromatic carbocycles. The minimum atomic E-state index is -4.56. The molecule has 8 heteroatoms. The molecule has 0 aliphatic rings. The van der Waals surface area contributed by atoms with Gasteiger partial charge in [-0.25, -0.2) is 8.78 Å². The summed E-state index contributed by atoms with van der Waals surface area (Å²) in [5, 5.41) is 2.28. The van der Waals surface area contributed by atoms with Crippen molar-refractivity contribution >= 4 is 11.6 Å². The average Bonchev–Trinajstić information content (AvgIpc) is 2.62. The van der Waals surface area contributed by atoms with Gasteiger partial charge >= 0.3 is 6.18 Å². The molecule has 0 bridgehead atoms. The summed E-state index contributed by atoms with van der Waals surface area (Å²) >= 11 is 0. The van der Waals surface area contributed by atoms with Gasteiger partial charge < -0.3 is 5.32 Å². The molecule has 146 valence electrons. The van der Waals surface area contributed by atoms with Gasteiger partial charge in [0.05, 0.1) is 11.3 Å². The van der Waals surface area contributed by atoms with Crippen LogP contribution in [0.5, 0.6) is 0 Å². The third-order valence-corrected chi connectivity index (χ3v) is 4.17. The molecule has 1 atom stereocenters. The summed E-state index contributed by atoms with van der Waals surface area (Å²) in [7, 11) is 0. The van der Waals surface area contributed by atoms with Crippen LogP contribution < -0.4 is 5.32 Å². The van der Waals surface area contributed by atoms with Crippen molar-refractivity contribution in [2.45, 2.75) is 26.1 Å². The van der Waals surface area contributed by atoms with Gasteiger partial charge in [-0.05, 0) is 42.9 Å². The number of anilines is 1. The van der Waals surface area contributed by atoms with Gasteiger partial charge in [-0.1, -0.05) is 32.0 Å². The Balaban J connectivity index is 2.43. The first-order chi connectivity index (χ1) is 12.7. The van der Waals surface area contributed by atoms with Crippen molar-refractivity contribution in [3.8, 4) is 0 Å². The van der Waals surface area contributed by atoms with E-state index in [9.17, 15) is 26.7 Å². The van der Waals surface area contributed by atoms with E-state index in [0.29, 0.717) is 13.1 Å². The zero-order valence-corrected chi connectivity index (χ0v) is 14.8. The molecular weight excluding hydrogens is 367 g/mol. The minimum absolute atomic E-state index is 0.114. The molecule has 0 aliphatic heterocycles. The Labute approximate surface area is 153 Å². The first-order valence-corrected chi connectivity index (χ1v) is 8.35. The lowest BCUT2D eigenvalue weighted by Crippen LogP contribution is -2.37. The van der Waals surface area contributed by atoms with Crippen LogP contribution in [0.4, 0.5) is 27.6 Å². The highest BCUT2D eigenvalue weighted by molar-refractivity contribution is 5.95. The number of benzene rings is 2. The van der Waals surface area contributed by atoms with Crippen LogP contribution in [0.3, 0.4) is 0 Å². The van der Waals surface area contributed by atoms with Crippen LogP contribution in [0.1, 0.15) is 31.0 Å². The zero-order valence-electron chi connectivity index (χ0n) is 14.8. The first-order valence-electron chi connectivity index (χ1n) is 8.35. The Morgan fingerprint density at radius 2 is 1.70 bits per heavy atom. The molecule has 0 heterocycles. The molecule has 0 saturated carbocycles. The second kappa shape index (κ2) is 8.47. The van der Waals surface area contributed by atoms with Crippen LogP contribution in [0, 0.1) is 11.6 Å². The third-order valence-electron chi connectivity index (χ3n) is 4.17. The van der Waals surface area contributed by atoms with Crippen LogP contribution in [0.25, 0.3) is 0 Å². The number of carbonyl (C=O) groups excluding carboxylic acids is 1. The smallest absolute Gasteiger partial charge is 0.322 e. The van der Waals surface area contributed by atoms with E-state index in [0.717, 1.165) is 18.2 Å². The van der Waals surface area contributed by atoms with Gasteiger partial charge in [-0.15, -0.1) is 0 Å². The van der Waals surface area contributed by atoms with Gasteiger partial charge in [0.1, 0.15) is 6.04 Å². The van der Waals surface area contributed by atoms with Gasteiger partial charge in [0, 0.05) is 0 Å². The number of rotatable bonds is 6. The molecule has 0 spiro atoms. The maximum atomic E-state index is 13.9. The van der Waals surface area contributed by atoms with Crippen molar-refractivity contribution in [2.75, 3.05) is 18.4 Å². The number of alkyl halides is 3. The van der Waals surface area contributed by atoms with Gasteiger partial charge in [-0.2, -0.15) is 13.2 Å². The summed E-state index contributed by atoms with van der Waals surface area (Å²) in [6.45, 7) is 4.24. The molecule has 1 amide bonds. The lowest BCUT2D eigenvalue weighted by molar-refractivity contribution is -0.137. The van der Waals surface area contributed by atoms with Crippen LogP contribution in [-0.2, 0) is 11.0 Å². The fourth-order valence-corrected chi connectivity index (χ4v) is 2.80. The largest absolute Gasteiger partial charge is 0.416 e. The summed E-state index contributed by atoms with van der Waals surface area (Å²) < 4.78 is 66.3. The monoisotopic (exact) mass is 386 g/mol. The van der Waals surface area contributed by atoms with Gasteiger partial charge in [-0.3, -0.25) is 9.69 Å². The Hall–Kier alpha value is -2.48. The molecule has 2 aromatic rings. The molecule has 2 rings (SSSR count). The second-order valence-electron chi connectivity index (χ2n) is 5.84. The fraction of sp³-hybridized carbons (Fsp3) is 0.316. The maximum Gasteiger partial charge on any atom is 0.416 e. The molecule has 0 aliphatic carbocycles. The number of halogens is 5. The van der Waals surface area contributed by atoms with E-state index in [2.05, 4.69) is 5.32 Å². The number of nitrogens with one attached hydrogen (secondary N) is 1. The van der Waals surface area contributed by atoms with E-state index < -0.39 is 35.3 Å². The molecule has 3 nitrogen and oxygen atoms in total. The predicted molar refractivity (Wildman–Crippen MR) is 92.1 cm³/mol. The Morgan fingerprint density at radius 3 is 2.30 bits per heavy atom. The highest BCUT2D eigenvalue weighted by Crippen LogP contribution is 2.32. The normalized spacial score (nSPS) is 12.9. The van der Waals surface area contributed by atoms with Crippen molar-refractivity contribution in [1.82, 2.24) is 4.90 Å². The van der Waals surface area contributed by atoms with Crippen LogP contribution in [0.2, 0.25) is 0 Å². The standard InChI is InChI=1S/C19H19F5N2O/c1-3-26(4-2)17(12-7-5-8-13(11-12)19(22,23)24)18(27)25-15-10-6-9-14(20)16(15)21/h5-11,17H,3-4H2,1-2H3,(H,25,27)/t17-/m0/s1. The van der Waals surface area contributed by atoms with Gasteiger partial charge in [0.15, 0.2) is 11.6 Å². The number of hydrogen-bond acceptors (Lipinski definition) is 2. The topological polar surface area (TPSA) is 32.3 Å². The summed E-state index contributed by atoms with van der Waals surface area (Å²) in [6, 6.07) is 6.64. The Morgan fingerprint density at radius 1 is 1.07 bits per heavy atom. The van der Waals surface area contributed by atoms with Crippen LogP contribution in [-0.4, -0.2) is 23.9 Å². The number of amides is 1. The third kappa shape index (κ3) is 4.82. The summed E-state index contributed by atoms with van der Waals surface area (Å²) in [5.74, 6) is -3.11. The maximum absolute atomic E-state index is 13.9. The lowest BCUT2D eigenvalue weighted by atomic mass is 10.0. The minimum Gasteiger partial charge on any atom is -0.322 e. The summed E-state index contributed by atoms with van der Waals surface area (Å²) in [5.41, 5.74) is -1.14. The van der Waals surface area contributed by atoms with E-state index in [4.69, 9.17) is 0 Å². The average molecular weight is 386 g/mol. The van der Waals surface area contributed by atoms with Crippen LogP contribution in [0.15, 0.2) is 42.5 Å². The van der Waals surface area contributed by atoms with Gasteiger partial charge in [0.2, 0.25) is 5.91 Å². The van der Waals surface area contributed by atoms with E-state index in [1.54, 1.807) is 18.7 Å². The van der Waals surface area contributed by atoms with E-state index in [1.807, 2.05) is 0 Å². The predicted octanol–water partition coefficient (Wildman–Crippen LogP) is 5.01. The number of nitrogens with zero attached hydrogens (tertiary/aromatic N) is 1. The van der Waals surface area contributed by atoms with Crippen molar-refractivity contribution in [1.29, 1.82) is 0 Å². The highest BCUT2D eigenvalue weighted by Gasteiger charge is 2.33. The van der Waals surface area contributed by atoms with E-state index in [1.165, 1.54) is 24.3 Å². The quantitative estimate of drug-likeness (QED) is 0.709. The fourth-order valence-electron chi connectivity index (χ4n) is 2.80. The molecule has 0 fully saturated rings. The number of hydrogen-bond donors (Lipinski definition) is 1. The SMILES string of the molecule is CCN(CC)[C@H](C(=O)Nc1cccc(F)c1F)c1cccc(C(F)(F)F)c1. The van der Waals surface area contributed by atoms with E-state index in [-0.39, 0.29) is 11.3 Å². The zero-order chi connectivity index (χ0) is 20.2. The molecule has 1 N–H and O–H groups in total. The first kappa shape index (κ1) is 20.8. The Bertz CT molecular complexity index is 803.